The van der Waals surface area contributed by atoms with Gasteiger partial charge in [-0.15, -0.1) is 11.8 Å². The van der Waals surface area contributed by atoms with Gasteiger partial charge in [-0.25, -0.2) is 0 Å². The number of hydrogen-bond acceptors (Lipinski definition) is 3. The normalized spacial score (nSPS) is 11.6. The molecular weight excluding hydrogens is 428 g/mol. The smallest absolute Gasteiger partial charge is 0.243 e. The Morgan fingerprint density at radius 2 is 1.45 bits per heavy atom. The van der Waals surface area contributed by atoms with E-state index in [1.807, 2.05) is 86.6 Å². The summed E-state index contributed by atoms with van der Waals surface area (Å²) in [5.41, 5.74) is 4.40. The Morgan fingerprint density at radius 3 is 2.06 bits per heavy atom. The zero-order chi connectivity index (χ0) is 23.5. The van der Waals surface area contributed by atoms with E-state index < -0.39 is 6.04 Å². The number of nitrogens with one attached hydrogen (secondary N) is 1. The lowest BCUT2D eigenvalue weighted by molar-refractivity contribution is -0.139. The molecule has 0 aromatic heterocycles. The average Bonchev–Trinajstić information content (AvgIpc) is 2.84. The van der Waals surface area contributed by atoms with Crippen molar-refractivity contribution >= 4 is 23.6 Å². The second-order valence-electron chi connectivity index (χ2n) is 8.09. The minimum Gasteiger partial charge on any atom is -0.355 e. The quantitative estimate of drug-likeness (QED) is 0.438. The third kappa shape index (κ3) is 7.79. The summed E-state index contributed by atoms with van der Waals surface area (Å²) < 4.78 is 0. The molecule has 0 spiro atoms. The highest BCUT2D eigenvalue weighted by molar-refractivity contribution is 7.99. The topological polar surface area (TPSA) is 49.4 Å². The van der Waals surface area contributed by atoms with Gasteiger partial charge < -0.3 is 10.2 Å². The molecule has 0 aliphatic rings. The van der Waals surface area contributed by atoms with Gasteiger partial charge in [-0.1, -0.05) is 90.5 Å². The summed E-state index contributed by atoms with van der Waals surface area (Å²) in [5, 5.41) is 2.94. The van der Waals surface area contributed by atoms with Gasteiger partial charge in [0.15, 0.2) is 0 Å². The van der Waals surface area contributed by atoms with Crippen LogP contribution in [0.2, 0.25) is 0 Å². The largest absolute Gasteiger partial charge is 0.355 e. The molecule has 172 valence electrons. The number of aryl methyl sites for hydroxylation is 1. The van der Waals surface area contributed by atoms with Crippen LogP contribution in [-0.4, -0.2) is 35.1 Å². The van der Waals surface area contributed by atoms with Crippen LogP contribution in [0.15, 0.2) is 84.9 Å². The monoisotopic (exact) mass is 460 g/mol. The van der Waals surface area contributed by atoms with Crippen LogP contribution in [0.25, 0.3) is 0 Å². The highest BCUT2D eigenvalue weighted by Crippen LogP contribution is 2.18. The van der Waals surface area contributed by atoms with Crippen LogP contribution in [0.1, 0.15) is 29.2 Å². The lowest BCUT2D eigenvalue weighted by Crippen LogP contribution is -2.51. The van der Waals surface area contributed by atoms with Crippen LogP contribution >= 0.6 is 11.8 Å². The lowest BCUT2D eigenvalue weighted by atomic mass is 10.0. The molecule has 0 aliphatic carbocycles. The van der Waals surface area contributed by atoms with Crippen molar-refractivity contribution in [1.82, 2.24) is 10.2 Å². The van der Waals surface area contributed by atoms with E-state index in [0.717, 1.165) is 16.9 Å². The third-order valence-corrected chi connectivity index (χ3v) is 6.42. The fourth-order valence-electron chi connectivity index (χ4n) is 3.65. The van der Waals surface area contributed by atoms with Gasteiger partial charge >= 0.3 is 0 Å². The Bertz CT molecular complexity index is 1010. The van der Waals surface area contributed by atoms with Gasteiger partial charge in [0, 0.05) is 25.3 Å². The number of carbonyl (C=O) groups excluding carboxylic acids is 2. The molecule has 0 unspecified atom stereocenters. The molecule has 0 fully saturated rings. The Hall–Kier alpha value is -3.05. The van der Waals surface area contributed by atoms with Crippen molar-refractivity contribution < 1.29 is 9.59 Å². The van der Waals surface area contributed by atoms with E-state index in [0.29, 0.717) is 25.3 Å². The first-order valence-corrected chi connectivity index (χ1v) is 12.5. The van der Waals surface area contributed by atoms with E-state index in [9.17, 15) is 9.59 Å². The number of thioether (sulfide) groups is 1. The minimum absolute atomic E-state index is 0.0244. The second-order valence-corrected chi connectivity index (χ2v) is 9.07. The summed E-state index contributed by atoms with van der Waals surface area (Å²) in [6.45, 7) is 4.87. The highest BCUT2D eigenvalue weighted by atomic mass is 32.2. The van der Waals surface area contributed by atoms with Gasteiger partial charge in [-0.3, -0.25) is 9.59 Å². The molecule has 5 heteroatoms. The molecule has 0 saturated heterocycles. The SMILES string of the molecule is CCNC(=O)[C@@H](Cc1ccccc1)N(Cc1ccc(C)cc1)C(=O)CSCc1ccccc1. The molecule has 3 aromatic carbocycles. The van der Waals surface area contributed by atoms with E-state index in [1.165, 1.54) is 11.1 Å². The van der Waals surface area contributed by atoms with Gasteiger partial charge in [0.2, 0.25) is 11.8 Å². The summed E-state index contributed by atoms with van der Waals surface area (Å²) in [7, 11) is 0. The van der Waals surface area contributed by atoms with Crippen LogP contribution in [0, 0.1) is 6.92 Å². The maximum atomic E-state index is 13.5. The molecule has 3 rings (SSSR count). The van der Waals surface area contributed by atoms with Gasteiger partial charge in [-0.2, -0.15) is 0 Å². The summed E-state index contributed by atoms with van der Waals surface area (Å²) in [4.78, 5) is 28.3. The maximum absolute atomic E-state index is 13.5. The first-order valence-electron chi connectivity index (χ1n) is 11.3. The molecule has 0 saturated carbocycles. The van der Waals surface area contributed by atoms with Crippen LogP contribution in [0.5, 0.6) is 0 Å². The fraction of sp³-hybridized carbons (Fsp3) is 0.286. The number of nitrogens with zero attached hydrogens (tertiary/aromatic N) is 1. The Balaban J connectivity index is 1.81. The Morgan fingerprint density at radius 1 is 0.848 bits per heavy atom. The second kappa shape index (κ2) is 12.9. The van der Waals surface area contributed by atoms with Crippen molar-refractivity contribution in [2.45, 2.75) is 38.6 Å². The first-order chi connectivity index (χ1) is 16.1. The predicted octanol–water partition coefficient (Wildman–Crippen LogP) is 5.00. The number of hydrogen-bond donors (Lipinski definition) is 1. The van der Waals surface area contributed by atoms with Gasteiger partial charge in [0.05, 0.1) is 5.75 Å². The lowest BCUT2D eigenvalue weighted by Gasteiger charge is -2.31. The van der Waals surface area contributed by atoms with Gasteiger partial charge in [0.25, 0.3) is 0 Å². The summed E-state index contributed by atoms with van der Waals surface area (Å²) in [5.74, 6) is 0.944. The van der Waals surface area contributed by atoms with Crippen molar-refractivity contribution in [3.8, 4) is 0 Å². The van der Waals surface area contributed by atoms with E-state index in [1.54, 1.807) is 16.7 Å². The predicted molar refractivity (Wildman–Crippen MR) is 137 cm³/mol. The van der Waals surface area contributed by atoms with Crippen molar-refractivity contribution in [3.05, 3.63) is 107 Å². The Kier molecular flexibility index (Phi) is 9.58. The zero-order valence-electron chi connectivity index (χ0n) is 19.4. The summed E-state index contributed by atoms with van der Waals surface area (Å²) >= 11 is 1.58. The maximum Gasteiger partial charge on any atom is 0.243 e. The van der Waals surface area contributed by atoms with Crippen LogP contribution in [-0.2, 0) is 28.3 Å². The fourth-order valence-corrected chi connectivity index (χ4v) is 4.52. The standard InChI is InChI=1S/C28H32N2O2S/c1-3-29-28(32)26(18-23-10-6-4-7-11-23)30(19-24-16-14-22(2)15-17-24)27(31)21-33-20-25-12-8-5-9-13-25/h4-17,26H,3,18-21H2,1-2H3,(H,29,32)/t26-/m1/s1. The van der Waals surface area contributed by atoms with Gasteiger partial charge in [0.1, 0.15) is 6.04 Å². The van der Waals surface area contributed by atoms with Crippen molar-refractivity contribution in [3.63, 3.8) is 0 Å². The van der Waals surface area contributed by atoms with E-state index in [-0.39, 0.29) is 11.8 Å². The van der Waals surface area contributed by atoms with Crippen molar-refractivity contribution in [1.29, 1.82) is 0 Å². The molecule has 2 amide bonds. The van der Waals surface area contributed by atoms with Gasteiger partial charge in [-0.05, 0) is 30.5 Å². The number of carbonyl (C=O) groups is 2. The molecule has 4 nitrogen and oxygen atoms in total. The highest BCUT2D eigenvalue weighted by Gasteiger charge is 2.30. The van der Waals surface area contributed by atoms with Crippen LogP contribution in [0.3, 0.4) is 0 Å². The molecule has 0 bridgehead atoms. The molecular formula is C28H32N2O2S. The molecule has 0 radical (unpaired) electrons. The minimum atomic E-state index is -0.571. The van der Waals surface area contributed by atoms with E-state index >= 15 is 0 Å². The van der Waals surface area contributed by atoms with E-state index in [4.69, 9.17) is 0 Å². The van der Waals surface area contributed by atoms with Crippen molar-refractivity contribution in [2.24, 2.45) is 0 Å². The number of rotatable bonds is 11. The average molecular weight is 461 g/mol. The first kappa shape index (κ1) is 24.6. The molecule has 3 aromatic rings. The molecule has 1 atom stereocenters. The molecule has 0 heterocycles. The summed E-state index contributed by atoms with van der Waals surface area (Å²) in [6, 6.07) is 27.6. The third-order valence-electron chi connectivity index (χ3n) is 5.43. The molecule has 33 heavy (non-hydrogen) atoms. The van der Waals surface area contributed by atoms with Crippen LogP contribution in [0.4, 0.5) is 0 Å². The number of amides is 2. The van der Waals surface area contributed by atoms with Crippen molar-refractivity contribution in [2.75, 3.05) is 12.3 Å². The number of benzene rings is 3. The van der Waals surface area contributed by atoms with Crippen LogP contribution < -0.4 is 5.32 Å². The number of likely N-dealkylation sites (N-methyl/N-ethyl adjacent to an activating group) is 1. The zero-order valence-corrected chi connectivity index (χ0v) is 20.2. The molecule has 1 N–H and O–H groups in total. The molecule has 0 aliphatic heterocycles. The Labute approximate surface area is 201 Å². The summed E-state index contributed by atoms with van der Waals surface area (Å²) in [6.07, 6.45) is 0.480. The van der Waals surface area contributed by atoms with E-state index in [2.05, 4.69) is 17.4 Å².